The lowest BCUT2D eigenvalue weighted by Gasteiger charge is -2.01. The van der Waals surface area contributed by atoms with E-state index in [1.54, 1.807) is 0 Å². The van der Waals surface area contributed by atoms with Crippen LogP contribution in [0.25, 0.3) is 5.57 Å². The summed E-state index contributed by atoms with van der Waals surface area (Å²) in [6.45, 7) is 4.80. The van der Waals surface area contributed by atoms with E-state index in [1.807, 2.05) is 24.3 Å². The summed E-state index contributed by atoms with van der Waals surface area (Å²) in [6.07, 6.45) is 0.270. The largest absolute Gasteiger partial charge is 0.368 e. The molecule has 1 nitrogen and oxygen atoms in total. The van der Waals surface area contributed by atoms with Crippen LogP contribution >= 0.6 is 15.9 Å². The molecule has 0 radical (unpaired) electrons. The minimum absolute atomic E-state index is 0.270. The van der Waals surface area contributed by atoms with E-state index < -0.39 is 0 Å². The van der Waals surface area contributed by atoms with Gasteiger partial charge in [-0.2, -0.15) is 0 Å². The number of hydrogen-bond acceptors (Lipinski definition) is 1. The molecule has 1 aromatic carbocycles. The van der Waals surface area contributed by atoms with Crippen molar-refractivity contribution in [3.8, 4) is 0 Å². The first kappa shape index (κ1) is 8.02. The maximum absolute atomic E-state index is 5.14. The Bertz CT molecular complexity index is 298. The van der Waals surface area contributed by atoms with Gasteiger partial charge in [-0.3, -0.25) is 0 Å². The predicted octanol–water partition coefficient (Wildman–Crippen LogP) is 2.86. The van der Waals surface area contributed by atoms with Gasteiger partial charge < -0.3 is 4.74 Å². The lowest BCUT2D eigenvalue weighted by molar-refractivity contribution is 0.445. The van der Waals surface area contributed by atoms with Crippen molar-refractivity contribution in [3.05, 3.63) is 40.9 Å². The van der Waals surface area contributed by atoms with Crippen molar-refractivity contribution < 1.29 is 4.74 Å². The fourth-order valence-electron chi connectivity index (χ4n) is 1.10. The summed E-state index contributed by atoms with van der Waals surface area (Å²) in [5.74, 6) is 0. The van der Waals surface area contributed by atoms with Gasteiger partial charge in [0.15, 0.2) is 0 Å². The minimum Gasteiger partial charge on any atom is -0.368 e. The molecule has 0 N–H and O–H groups in total. The van der Waals surface area contributed by atoms with Gasteiger partial charge in [0.1, 0.15) is 6.10 Å². The van der Waals surface area contributed by atoms with Gasteiger partial charge in [0.2, 0.25) is 0 Å². The van der Waals surface area contributed by atoms with Crippen molar-refractivity contribution in [2.24, 2.45) is 0 Å². The number of benzene rings is 1. The number of halogens is 1. The Labute approximate surface area is 80.2 Å². The topological polar surface area (TPSA) is 12.5 Å². The Morgan fingerprint density at radius 2 is 2.00 bits per heavy atom. The highest BCUT2D eigenvalue weighted by atomic mass is 79.9. The van der Waals surface area contributed by atoms with Crippen LogP contribution in [0.15, 0.2) is 35.3 Å². The van der Waals surface area contributed by atoms with Crippen molar-refractivity contribution in [2.45, 2.75) is 6.10 Å². The zero-order valence-electron chi connectivity index (χ0n) is 6.59. The second-order valence-corrected chi connectivity index (χ2v) is 3.77. The third-order valence-electron chi connectivity index (χ3n) is 1.94. The van der Waals surface area contributed by atoms with E-state index in [1.165, 1.54) is 5.56 Å². The predicted molar refractivity (Wildman–Crippen MR) is 52.9 cm³/mol. The molecule has 0 amide bonds. The monoisotopic (exact) mass is 224 g/mol. The molecule has 12 heavy (non-hydrogen) atoms. The van der Waals surface area contributed by atoms with Gasteiger partial charge in [-0.1, -0.05) is 34.6 Å². The summed E-state index contributed by atoms with van der Waals surface area (Å²) in [6, 6.07) is 8.13. The average molecular weight is 225 g/mol. The fraction of sp³-hybridized carbons (Fsp3) is 0.200. The number of hydrogen-bond donors (Lipinski definition) is 0. The summed E-state index contributed by atoms with van der Waals surface area (Å²) in [5, 5.41) is 0. The second kappa shape index (κ2) is 3.04. The molecular formula is C10H9BrO. The van der Waals surface area contributed by atoms with Crippen LogP contribution in [0.4, 0.5) is 0 Å². The third-order valence-corrected chi connectivity index (χ3v) is 2.47. The molecule has 1 atom stereocenters. The summed E-state index contributed by atoms with van der Waals surface area (Å²) < 4.78 is 6.24. The highest BCUT2D eigenvalue weighted by Gasteiger charge is 2.26. The Kier molecular flexibility index (Phi) is 2.03. The maximum Gasteiger partial charge on any atom is 0.106 e. The number of epoxide rings is 1. The first-order valence-electron chi connectivity index (χ1n) is 3.84. The van der Waals surface area contributed by atoms with Crippen molar-refractivity contribution in [2.75, 3.05) is 6.61 Å². The smallest absolute Gasteiger partial charge is 0.106 e. The normalized spacial score (nSPS) is 20.6. The highest BCUT2D eigenvalue weighted by Crippen LogP contribution is 2.27. The molecule has 0 bridgehead atoms. The van der Waals surface area contributed by atoms with Crippen LogP contribution in [0.2, 0.25) is 0 Å². The molecule has 1 aliphatic heterocycles. The quantitative estimate of drug-likeness (QED) is 0.705. The lowest BCUT2D eigenvalue weighted by atomic mass is 10.1. The Hall–Kier alpha value is -0.600. The van der Waals surface area contributed by atoms with Crippen LogP contribution in [0.3, 0.4) is 0 Å². The van der Waals surface area contributed by atoms with Crippen molar-refractivity contribution in [3.63, 3.8) is 0 Å². The molecule has 0 spiro atoms. The molecule has 1 fully saturated rings. The van der Waals surface area contributed by atoms with Gasteiger partial charge >= 0.3 is 0 Å². The van der Waals surface area contributed by atoms with E-state index in [9.17, 15) is 0 Å². The van der Waals surface area contributed by atoms with E-state index >= 15 is 0 Å². The molecule has 1 aromatic rings. The molecule has 2 heteroatoms. The van der Waals surface area contributed by atoms with Gasteiger partial charge in [-0.05, 0) is 23.3 Å². The Morgan fingerprint density at radius 3 is 2.50 bits per heavy atom. The summed E-state index contributed by atoms with van der Waals surface area (Å²) >= 11 is 3.39. The van der Waals surface area contributed by atoms with Gasteiger partial charge in [-0.15, -0.1) is 0 Å². The van der Waals surface area contributed by atoms with Crippen molar-refractivity contribution in [1.29, 1.82) is 0 Å². The minimum atomic E-state index is 0.270. The van der Waals surface area contributed by atoms with Gasteiger partial charge in [0.05, 0.1) is 6.61 Å². The number of rotatable bonds is 2. The molecule has 0 aliphatic carbocycles. The standard InChI is InChI=1S/C10H9BrO/c1-7(10-6-12-10)8-2-4-9(11)5-3-8/h2-5,10H,1,6H2. The zero-order chi connectivity index (χ0) is 8.55. The van der Waals surface area contributed by atoms with Crippen LogP contribution in [-0.2, 0) is 4.74 Å². The first-order valence-corrected chi connectivity index (χ1v) is 4.63. The first-order chi connectivity index (χ1) is 5.77. The van der Waals surface area contributed by atoms with Crippen LogP contribution in [0.1, 0.15) is 5.56 Å². The van der Waals surface area contributed by atoms with Gasteiger partial charge in [0, 0.05) is 4.47 Å². The van der Waals surface area contributed by atoms with Crippen LogP contribution < -0.4 is 0 Å². The molecule has 1 heterocycles. The highest BCUT2D eigenvalue weighted by molar-refractivity contribution is 9.10. The molecule has 1 saturated heterocycles. The Morgan fingerprint density at radius 1 is 1.42 bits per heavy atom. The van der Waals surface area contributed by atoms with Crippen molar-refractivity contribution >= 4 is 21.5 Å². The molecule has 1 aliphatic rings. The molecule has 0 saturated carbocycles. The van der Waals surface area contributed by atoms with E-state index in [2.05, 4.69) is 22.5 Å². The fourth-order valence-corrected chi connectivity index (χ4v) is 1.36. The van der Waals surface area contributed by atoms with E-state index in [4.69, 9.17) is 4.74 Å². The SMILES string of the molecule is C=C(c1ccc(Br)cc1)C1CO1. The summed E-state index contributed by atoms with van der Waals surface area (Å²) in [4.78, 5) is 0. The molecular weight excluding hydrogens is 216 g/mol. The zero-order valence-corrected chi connectivity index (χ0v) is 8.17. The second-order valence-electron chi connectivity index (χ2n) is 2.85. The van der Waals surface area contributed by atoms with Gasteiger partial charge in [0.25, 0.3) is 0 Å². The lowest BCUT2D eigenvalue weighted by Crippen LogP contribution is -1.89. The molecule has 1 unspecified atom stereocenters. The van der Waals surface area contributed by atoms with Crippen molar-refractivity contribution in [1.82, 2.24) is 0 Å². The van der Waals surface area contributed by atoms with Crippen LogP contribution in [0, 0.1) is 0 Å². The molecule has 62 valence electrons. The summed E-state index contributed by atoms with van der Waals surface area (Å²) in [7, 11) is 0. The van der Waals surface area contributed by atoms with E-state index in [0.717, 1.165) is 16.7 Å². The summed E-state index contributed by atoms with van der Waals surface area (Å²) in [5.41, 5.74) is 2.25. The number of ether oxygens (including phenoxy) is 1. The molecule has 2 rings (SSSR count). The average Bonchev–Trinajstić information content (AvgIpc) is 2.87. The van der Waals surface area contributed by atoms with Gasteiger partial charge in [-0.25, -0.2) is 0 Å². The molecule has 0 aromatic heterocycles. The Balaban J connectivity index is 2.22. The van der Waals surface area contributed by atoms with Crippen LogP contribution in [0.5, 0.6) is 0 Å². The van der Waals surface area contributed by atoms with E-state index in [0.29, 0.717) is 0 Å². The van der Waals surface area contributed by atoms with Crippen LogP contribution in [-0.4, -0.2) is 12.7 Å². The van der Waals surface area contributed by atoms with E-state index in [-0.39, 0.29) is 6.10 Å². The maximum atomic E-state index is 5.14. The third kappa shape index (κ3) is 1.59.